The molecule has 0 aromatic heterocycles. The molecule has 0 spiro atoms. The molecule has 0 rings (SSSR count). The fourth-order valence-corrected chi connectivity index (χ4v) is 6.15. The second kappa shape index (κ2) is 39.6. The Bertz CT molecular complexity index is 1120. The van der Waals surface area contributed by atoms with E-state index in [1.54, 1.807) is 6.26 Å². The number of phosphoric acid groups is 1. The second-order valence-corrected chi connectivity index (χ2v) is 16.9. The molecule has 0 fully saturated rings. The van der Waals surface area contributed by atoms with E-state index in [0.29, 0.717) is 17.4 Å². The van der Waals surface area contributed by atoms with E-state index in [2.05, 4.69) is 67.7 Å². The highest BCUT2D eigenvalue weighted by Crippen LogP contribution is 2.38. The minimum absolute atomic E-state index is 0.00366. The maximum absolute atomic E-state index is 12.6. The first-order valence-electron chi connectivity index (χ1n) is 21.8. The molecule has 1 unspecified atom stereocenters. The van der Waals surface area contributed by atoms with E-state index in [9.17, 15) is 14.3 Å². The summed E-state index contributed by atoms with van der Waals surface area (Å²) in [6.07, 6.45) is 48.8. The van der Waals surface area contributed by atoms with Crippen LogP contribution in [0.4, 0.5) is 0 Å². The molecule has 0 saturated carbocycles. The van der Waals surface area contributed by atoms with Crippen molar-refractivity contribution in [3.8, 4) is 0 Å². The molecule has 2 atom stereocenters. The molecule has 0 radical (unpaired) electrons. The van der Waals surface area contributed by atoms with Crippen LogP contribution < -0.4 is 4.89 Å². The lowest BCUT2D eigenvalue weighted by molar-refractivity contribution is -0.870. The van der Waals surface area contributed by atoms with Crippen LogP contribution in [0.3, 0.4) is 0 Å². The minimum Gasteiger partial charge on any atom is -0.756 e. The second-order valence-electron chi connectivity index (χ2n) is 15.5. The van der Waals surface area contributed by atoms with Crippen LogP contribution in [0.25, 0.3) is 0 Å². The van der Waals surface area contributed by atoms with Gasteiger partial charge in [0, 0.05) is 13.0 Å². The molecule has 0 heterocycles. The number of rotatable bonds is 40. The van der Waals surface area contributed by atoms with Crippen LogP contribution in [0.1, 0.15) is 155 Å². The SMILES string of the molecule is CCCCCCCC/C=C\CCCCCC/C=C/OC[C@H](COP(=O)([O-])OCC[N+](C)(C)C)OC(=O)CCC/C=C\C/C=C\C/C=C\C/C=C\CCCCCO. The molecular formula is C46H82NO8P. The molecule has 0 bridgehead atoms. The van der Waals surface area contributed by atoms with Gasteiger partial charge >= 0.3 is 5.97 Å². The van der Waals surface area contributed by atoms with E-state index in [0.717, 1.165) is 77.0 Å². The average Bonchev–Trinajstić information content (AvgIpc) is 3.15. The topological polar surface area (TPSA) is 114 Å². The molecule has 324 valence electrons. The number of hydrogen-bond donors (Lipinski definition) is 1. The van der Waals surface area contributed by atoms with Crippen molar-refractivity contribution in [1.29, 1.82) is 0 Å². The number of hydrogen-bond acceptors (Lipinski definition) is 8. The lowest BCUT2D eigenvalue weighted by atomic mass is 10.1. The van der Waals surface area contributed by atoms with Crippen LogP contribution in [-0.2, 0) is 27.9 Å². The Balaban J connectivity index is 4.42. The number of aliphatic hydroxyl groups excluding tert-OH is 1. The highest BCUT2D eigenvalue weighted by atomic mass is 31.2. The van der Waals surface area contributed by atoms with Crippen LogP contribution in [0.5, 0.6) is 0 Å². The Labute approximate surface area is 343 Å². The van der Waals surface area contributed by atoms with Gasteiger partial charge in [0.2, 0.25) is 0 Å². The Morgan fingerprint density at radius 3 is 1.62 bits per heavy atom. The quantitative estimate of drug-likeness (QED) is 0.0163. The number of nitrogens with zero attached hydrogens (tertiary/aromatic N) is 1. The van der Waals surface area contributed by atoms with Crippen molar-refractivity contribution in [2.24, 2.45) is 0 Å². The van der Waals surface area contributed by atoms with Gasteiger partial charge in [0.25, 0.3) is 7.82 Å². The molecule has 0 aliphatic carbocycles. The number of allylic oxidation sites excluding steroid dienone is 11. The van der Waals surface area contributed by atoms with Crippen LogP contribution in [0, 0.1) is 0 Å². The number of phosphoric ester groups is 1. The van der Waals surface area contributed by atoms with Crippen molar-refractivity contribution in [1.82, 2.24) is 0 Å². The molecule has 0 saturated heterocycles. The molecular weight excluding hydrogens is 725 g/mol. The summed E-state index contributed by atoms with van der Waals surface area (Å²) in [6, 6.07) is 0. The minimum atomic E-state index is -4.57. The van der Waals surface area contributed by atoms with Gasteiger partial charge in [0.1, 0.15) is 19.8 Å². The molecule has 10 heteroatoms. The lowest BCUT2D eigenvalue weighted by Crippen LogP contribution is -2.37. The van der Waals surface area contributed by atoms with Crippen LogP contribution in [0.15, 0.2) is 73.1 Å². The Hall–Kier alpha value is -2.26. The Kier molecular flexibility index (Phi) is 38.0. The zero-order valence-corrected chi connectivity index (χ0v) is 36.9. The van der Waals surface area contributed by atoms with E-state index >= 15 is 0 Å². The third kappa shape index (κ3) is 42.9. The lowest BCUT2D eigenvalue weighted by Gasteiger charge is -2.28. The van der Waals surface area contributed by atoms with Crippen molar-refractivity contribution in [3.63, 3.8) is 0 Å². The Morgan fingerprint density at radius 1 is 0.625 bits per heavy atom. The standard InChI is InChI=1S/C46H82NO8P/c1-5-6-7-8-9-10-11-12-13-19-22-25-28-31-34-37-41-52-43-45(44-54-56(50,51)53-42-39-47(2,3)4)55-46(49)38-35-32-29-26-23-20-17-15-14-16-18-21-24-27-30-33-36-40-48/h12-14,16-17,20-21,24,26,29,37,41,45,48H,5-11,15,18-19,22-23,25,27-28,30-36,38-40,42-44H2,1-4H3/b13-12-,16-14-,20-17-,24-21-,29-26-,41-37+/t45-/m1/s1. The predicted octanol–water partition coefficient (Wildman–Crippen LogP) is 11.4. The largest absolute Gasteiger partial charge is 0.756 e. The van der Waals surface area contributed by atoms with Crippen LogP contribution >= 0.6 is 7.82 Å². The molecule has 0 amide bonds. The van der Waals surface area contributed by atoms with Gasteiger partial charge in [-0.15, -0.1) is 0 Å². The van der Waals surface area contributed by atoms with Crippen molar-refractivity contribution in [2.45, 2.75) is 161 Å². The van der Waals surface area contributed by atoms with Crippen molar-refractivity contribution in [2.75, 3.05) is 54.1 Å². The van der Waals surface area contributed by atoms with Gasteiger partial charge in [-0.2, -0.15) is 0 Å². The molecule has 56 heavy (non-hydrogen) atoms. The average molecular weight is 808 g/mol. The van der Waals surface area contributed by atoms with Gasteiger partial charge in [0.15, 0.2) is 6.10 Å². The number of likely N-dealkylation sites (N-methyl/N-ethyl adjacent to an activating group) is 1. The van der Waals surface area contributed by atoms with Crippen molar-refractivity contribution >= 4 is 13.8 Å². The summed E-state index contributed by atoms with van der Waals surface area (Å²) >= 11 is 0. The highest BCUT2D eigenvalue weighted by Gasteiger charge is 2.20. The monoisotopic (exact) mass is 808 g/mol. The molecule has 9 nitrogen and oxygen atoms in total. The van der Waals surface area contributed by atoms with Crippen molar-refractivity contribution in [3.05, 3.63) is 73.1 Å². The van der Waals surface area contributed by atoms with Crippen molar-refractivity contribution < 1.29 is 42.4 Å². The van der Waals surface area contributed by atoms with Gasteiger partial charge in [-0.05, 0) is 96.0 Å². The fourth-order valence-electron chi connectivity index (χ4n) is 5.42. The zero-order valence-electron chi connectivity index (χ0n) is 36.0. The van der Waals surface area contributed by atoms with E-state index in [4.69, 9.17) is 23.6 Å². The third-order valence-electron chi connectivity index (χ3n) is 8.85. The zero-order chi connectivity index (χ0) is 41.3. The summed E-state index contributed by atoms with van der Waals surface area (Å²) < 4.78 is 34.2. The number of carbonyl (C=O) groups excluding carboxylic acids is 1. The first kappa shape index (κ1) is 53.7. The van der Waals surface area contributed by atoms with Gasteiger partial charge in [0.05, 0.1) is 34.0 Å². The van der Waals surface area contributed by atoms with E-state index < -0.39 is 19.9 Å². The molecule has 0 aromatic carbocycles. The molecule has 0 aliphatic heterocycles. The van der Waals surface area contributed by atoms with Crippen LogP contribution in [-0.4, -0.2) is 75.8 Å². The predicted molar refractivity (Wildman–Crippen MR) is 232 cm³/mol. The van der Waals surface area contributed by atoms with Gasteiger partial charge in [-0.1, -0.05) is 119 Å². The summed E-state index contributed by atoms with van der Waals surface area (Å²) in [5.41, 5.74) is 0. The van der Waals surface area contributed by atoms with Crippen LogP contribution in [0.2, 0.25) is 0 Å². The van der Waals surface area contributed by atoms with Gasteiger partial charge < -0.3 is 33.0 Å². The number of esters is 1. The van der Waals surface area contributed by atoms with Gasteiger partial charge in [-0.3, -0.25) is 9.36 Å². The number of quaternary nitrogens is 1. The number of ether oxygens (including phenoxy) is 2. The summed E-state index contributed by atoms with van der Waals surface area (Å²) in [5.74, 6) is -0.424. The summed E-state index contributed by atoms with van der Waals surface area (Å²) in [4.78, 5) is 25.0. The Morgan fingerprint density at radius 2 is 1.09 bits per heavy atom. The van der Waals surface area contributed by atoms with E-state index in [1.807, 2.05) is 27.2 Å². The number of unbranched alkanes of at least 4 members (excludes halogenated alkanes) is 15. The number of aliphatic hydroxyl groups is 1. The first-order valence-corrected chi connectivity index (χ1v) is 23.3. The third-order valence-corrected chi connectivity index (χ3v) is 9.81. The van der Waals surface area contributed by atoms with E-state index in [1.165, 1.54) is 57.8 Å². The maximum Gasteiger partial charge on any atom is 0.306 e. The first-order chi connectivity index (χ1) is 27.1. The maximum atomic E-state index is 12.6. The summed E-state index contributed by atoms with van der Waals surface area (Å²) in [6.45, 7) is 2.64. The fraction of sp³-hybridized carbons (Fsp3) is 0.717. The van der Waals surface area contributed by atoms with E-state index in [-0.39, 0.29) is 32.8 Å². The smallest absolute Gasteiger partial charge is 0.306 e. The number of carbonyl (C=O) groups is 1. The summed E-state index contributed by atoms with van der Waals surface area (Å²) in [7, 11) is 1.26. The molecule has 0 aliphatic rings. The van der Waals surface area contributed by atoms with Gasteiger partial charge in [-0.25, -0.2) is 0 Å². The highest BCUT2D eigenvalue weighted by molar-refractivity contribution is 7.45. The normalized spacial score (nSPS) is 14.4. The summed E-state index contributed by atoms with van der Waals surface area (Å²) in [5, 5.41) is 8.80. The molecule has 0 aromatic rings. The molecule has 1 N–H and O–H groups in total.